The third-order valence-corrected chi connectivity index (χ3v) is 12.1. The van der Waals surface area contributed by atoms with E-state index in [0.29, 0.717) is 5.92 Å². The van der Waals surface area contributed by atoms with E-state index in [0.717, 1.165) is 34.9 Å². The summed E-state index contributed by atoms with van der Waals surface area (Å²) in [5.74, 6) is 0.457. The molecule has 0 saturated heterocycles. The fourth-order valence-electron chi connectivity index (χ4n) is 9.17. The molecule has 1 N–H and O–H groups in total. The van der Waals surface area contributed by atoms with Crippen LogP contribution in [0.5, 0.6) is 0 Å². The highest BCUT2D eigenvalue weighted by Crippen LogP contribution is 2.47. The van der Waals surface area contributed by atoms with Gasteiger partial charge in [0.05, 0.1) is 0 Å². The molecule has 0 bridgehead atoms. The van der Waals surface area contributed by atoms with E-state index in [1.165, 1.54) is 76.5 Å². The van der Waals surface area contributed by atoms with E-state index in [4.69, 9.17) is 0 Å². The lowest BCUT2D eigenvalue weighted by atomic mass is 9.85. The highest BCUT2D eigenvalue weighted by molar-refractivity contribution is 6.22. The molecule has 2 aliphatic carbocycles. The molecule has 0 aromatic heterocycles. The van der Waals surface area contributed by atoms with Crippen molar-refractivity contribution in [2.75, 3.05) is 10.2 Å². The van der Waals surface area contributed by atoms with Crippen molar-refractivity contribution < 1.29 is 0 Å². The molecule has 0 aliphatic heterocycles. The fraction of sp³-hybridized carbons (Fsp3) is 0.0526. The summed E-state index contributed by atoms with van der Waals surface area (Å²) in [6, 6.07) is 64.9. The summed E-state index contributed by atoms with van der Waals surface area (Å²) in [4.78, 5) is 2.42. The van der Waals surface area contributed by atoms with Crippen molar-refractivity contribution in [2.24, 2.45) is 5.92 Å². The zero-order chi connectivity index (χ0) is 39.3. The van der Waals surface area contributed by atoms with E-state index in [1.54, 1.807) is 0 Å². The monoisotopic (exact) mass is 754 g/mol. The fourth-order valence-corrected chi connectivity index (χ4v) is 9.17. The Labute approximate surface area is 345 Å². The van der Waals surface area contributed by atoms with Crippen LogP contribution in [0.1, 0.15) is 12.0 Å². The molecule has 2 nitrogen and oxygen atoms in total. The molecule has 1 unspecified atom stereocenters. The molecule has 9 aromatic carbocycles. The Morgan fingerprint density at radius 3 is 1.76 bits per heavy atom. The van der Waals surface area contributed by atoms with Gasteiger partial charge in [-0.3, -0.25) is 0 Å². The topological polar surface area (TPSA) is 15.3 Å². The average Bonchev–Trinajstić information content (AvgIpc) is 3.29. The van der Waals surface area contributed by atoms with Crippen molar-refractivity contribution >= 4 is 65.8 Å². The minimum absolute atomic E-state index is 0.457. The summed E-state index contributed by atoms with van der Waals surface area (Å²) in [5, 5.41) is 13.6. The lowest BCUT2D eigenvalue weighted by Gasteiger charge is -2.27. The Balaban J connectivity index is 1.16. The molecule has 59 heavy (non-hydrogen) atoms. The first-order valence-electron chi connectivity index (χ1n) is 20.6. The third-order valence-electron chi connectivity index (χ3n) is 12.1. The second kappa shape index (κ2) is 14.5. The van der Waals surface area contributed by atoms with Gasteiger partial charge in [0.1, 0.15) is 0 Å². The van der Waals surface area contributed by atoms with Crippen molar-refractivity contribution in [3.05, 3.63) is 229 Å². The Kier molecular flexibility index (Phi) is 8.56. The van der Waals surface area contributed by atoms with E-state index >= 15 is 0 Å². The van der Waals surface area contributed by atoms with Crippen LogP contribution < -0.4 is 10.2 Å². The van der Waals surface area contributed by atoms with Crippen molar-refractivity contribution in [2.45, 2.75) is 13.3 Å². The Bertz CT molecular complexity index is 3140. The number of benzene rings is 9. The molecule has 0 saturated carbocycles. The summed E-state index contributed by atoms with van der Waals surface area (Å²) < 4.78 is 0. The smallest absolute Gasteiger partial charge is 0.0468 e. The van der Waals surface area contributed by atoms with Gasteiger partial charge in [-0.25, -0.2) is 0 Å². The standard InChI is InChI=1S/C57H42N2/c1-38-19-21-43(22-20-38)57-52-31-27-48(58-47-26-23-39-11-5-8-16-44(39)33-47)36-54(52)56(42-14-3-2-4-15-42)53-32-30-51(37-55(53)57)59(49-28-24-40-12-6-9-17-45(40)34-49)50-29-25-41-13-7-10-18-46(41)35-50/h2-22,24-37,39,58H,23H2,1H3. The summed E-state index contributed by atoms with van der Waals surface area (Å²) in [5.41, 5.74) is 13.0. The van der Waals surface area contributed by atoms with Crippen LogP contribution in [-0.2, 0) is 0 Å². The number of nitrogens with zero attached hydrogens (tertiary/aromatic N) is 1. The molecule has 11 rings (SSSR count). The molecule has 280 valence electrons. The summed E-state index contributed by atoms with van der Waals surface area (Å²) in [6.45, 7) is 2.16. The number of nitrogens with one attached hydrogen (secondary N) is 1. The number of fused-ring (bicyclic) bond motifs is 5. The first-order valence-corrected chi connectivity index (χ1v) is 20.6. The second-order valence-electron chi connectivity index (χ2n) is 15.9. The van der Waals surface area contributed by atoms with Crippen LogP contribution in [0.4, 0.5) is 22.7 Å². The van der Waals surface area contributed by atoms with Gasteiger partial charge in [-0.15, -0.1) is 0 Å². The summed E-state index contributed by atoms with van der Waals surface area (Å²) in [6.07, 6.45) is 14.5. The zero-order valence-electron chi connectivity index (χ0n) is 32.9. The maximum absolute atomic E-state index is 3.81. The molecule has 2 heteroatoms. The average molecular weight is 755 g/mol. The number of rotatable bonds is 7. The number of allylic oxidation sites excluding steroid dienone is 7. The maximum Gasteiger partial charge on any atom is 0.0468 e. The van der Waals surface area contributed by atoms with Crippen LogP contribution in [0.3, 0.4) is 0 Å². The normalized spacial score (nSPS) is 14.7. The van der Waals surface area contributed by atoms with E-state index in [9.17, 15) is 0 Å². The van der Waals surface area contributed by atoms with E-state index in [2.05, 4.69) is 230 Å². The quantitative estimate of drug-likeness (QED) is 0.163. The molecule has 0 amide bonds. The summed E-state index contributed by atoms with van der Waals surface area (Å²) in [7, 11) is 0. The van der Waals surface area contributed by atoms with Gasteiger partial charge in [0.15, 0.2) is 0 Å². The van der Waals surface area contributed by atoms with Gasteiger partial charge in [0, 0.05) is 34.4 Å². The van der Waals surface area contributed by atoms with Crippen LogP contribution in [0.2, 0.25) is 0 Å². The van der Waals surface area contributed by atoms with Gasteiger partial charge in [-0.2, -0.15) is 0 Å². The van der Waals surface area contributed by atoms with E-state index < -0.39 is 0 Å². The predicted octanol–water partition coefficient (Wildman–Crippen LogP) is 15.8. The van der Waals surface area contributed by atoms with Gasteiger partial charge in [-0.1, -0.05) is 163 Å². The number of aryl methyl sites for hydroxylation is 1. The van der Waals surface area contributed by atoms with Crippen LogP contribution >= 0.6 is 0 Å². The molecule has 0 heterocycles. The van der Waals surface area contributed by atoms with Crippen molar-refractivity contribution in [1.82, 2.24) is 0 Å². The third kappa shape index (κ3) is 6.40. The van der Waals surface area contributed by atoms with E-state index in [-0.39, 0.29) is 0 Å². The van der Waals surface area contributed by atoms with Crippen molar-refractivity contribution in [3.8, 4) is 22.3 Å². The van der Waals surface area contributed by atoms with Crippen LogP contribution in [0.25, 0.3) is 65.3 Å². The minimum Gasteiger partial charge on any atom is -0.356 e. The molecule has 2 aliphatic rings. The van der Waals surface area contributed by atoms with Gasteiger partial charge in [-0.05, 0) is 139 Å². The lowest BCUT2D eigenvalue weighted by molar-refractivity contribution is 0.773. The molecular formula is C57H42N2. The molecule has 9 aromatic rings. The summed E-state index contributed by atoms with van der Waals surface area (Å²) >= 11 is 0. The second-order valence-corrected chi connectivity index (χ2v) is 15.9. The highest BCUT2D eigenvalue weighted by Gasteiger charge is 2.22. The Hall–Kier alpha value is -7.42. The van der Waals surface area contributed by atoms with Gasteiger partial charge in [0.2, 0.25) is 0 Å². The highest BCUT2D eigenvalue weighted by atomic mass is 15.1. The molecule has 0 spiro atoms. The Morgan fingerprint density at radius 1 is 0.492 bits per heavy atom. The van der Waals surface area contributed by atoms with E-state index in [1.807, 2.05) is 0 Å². The molecule has 1 atom stereocenters. The number of hydrogen-bond acceptors (Lipinski definition) is 2. The zero-order valence-corrected chi connectivity index (χ0v) is 32.9. The Morgan fingerprint density at radius 2 is 1.07 bits per heavy atom. The van der Waals surface area contributed by atoms with Gasteiger partial charge in [0.25, 0.3) is 0 Å². The van der Waals surface area contributed by atoms with Crippen molar-refractivity contribution in [3.63, 3.8) is 0 Å². The number of hydrogen-bond donors (Lipinski definition) is 1. The molecule has 0 radical (unpaired) electrons. The van der Waals surface area contributed by atoms with Gasteiger partial charge < -0.3 is 10.2 Å². The predicted molar refractivity (Wildman–Crippen MR) is 253 cm³/mol. The lowest BCUT2D eigenvalue weighted by Crippen LogP contribution is -2.10. The first kappa shape index (κ1) is 34.8. The van der Waals surface area contributed by atoms with Gasteiger partial charge >= 0.3 is 0 Å². The number of anilines is 4. The van der Waals surface area contributed by atoms with Crippen molar-refractivity contribution in [1.29, 1.82) is 0 Å². The van der Waals surface area contributed by atoms with Crippen LogP contribution in [0, 0.1) is 12.8 Å². The SMILES string of the molecule is Cc1ccc(-c2c3ccc(NC4=CCC5C=CC=CC5=C4)cc3c(-c3ccccc3)c3ccc(N(c4ccc5ccccc5c4)c4ccc5ccccc5c4)cc23)cc1. The largest absolute Gasteiger partial charge is 0.356 e. The minimum atomic E-state index is 0.457. The molecular weight excluding hydrogens is 713 g/mol. The van der Waals surface area contributed by atoms with Crippen LogP contribution in [0.15, 0.2) is 224 Å². The maximum atomic E-state index is 3.81. The first-order chi connectivity index (χ1) is 29.1. The van der Waals surface area contributed by atoms with Crippen LogP contribution in [-0.4, -0.2) is 0 Å². The molecule has 0 fully saturated rings.